The van der Waals surface area contributed by atoms with Gasteiger partial charge in [0.15, 0.2) is 5.78 Å². The first-order valence-corrected chi connectivity index (χ1v) is 11.0. The third-order valence-electron chi connectivity index (χ3n) is 9.11. The number of Topliss-reactive ketones (excluding diaryl/α,β-unsaturated/α-hetero) is 1. The third kappa shape index (κ3) is 2.80. The van der Waals surface area contributed by atoms with Gasteiger partial charge in [0.05, 0.1) is 18.0 Å². The first-order chi connectivity index (χ1) is 12.9. The summed E-state index contributed by atoms with van der Waals surface area (Å²) in [5.74, 6) is 4.42. The van der Waals surface area contributed by atoms with Crippen molar-refractivity contribution >= 4 is 5.78 Å². The lowest BCUT2D eigenvalue weighted by molar-refractivity contribution is -0.177. The van der Waals surface area contributed by atoms with Gasteiger partial charge in [-0.05, 0) is 93.3 Å². The van der Waals surface area contributed by atoms with Crippen LogP contribution in [-0.2, 0) is 11.3 Å². The van der Waals surface area contributed by atoms with Gasteiger partial charge in [0, 0.05) is 5.92 Å². The monoisotopic (exact) mass is 371 g/mol. The predicted molar refractivity (Wildman–Crippen MR) is 102 cm³/mol. The Morgan fingerprint density at radius 2 is 1.81 bits per heavy atom. The molecule has 4 aliphatic rings. The van der Waals surface area contributed by atoms with Crippen LogP contribution in [0.1, 0.15) is 65.2 Å². The van der Waals surface area contributed by atoms with E-state index >= 15 is 0 Å². The number of fused-ring (bicyclic) bond motifs is 5. The molecule has 1 aromatic heterocycles. The molecule has 0 unspecified atom stereocenters. The van der Waals surface area contributed by atoms with E-state index in [4.69, 9.17) is 0 Å². The molecular weight excluding hydrogens is 338 g/mol. The average Bonchev–Trinajstić information content (AvgIpc) is 3.10. The molecule has 4 fully saturated rings. The molecule has 1 heterocycles. The van der Waals surface area contributed by atoms with Gasteiger partial charge >= 0.3 is 0 Å². The van der Waals surface area contributed by atoms with Gasteiger partial charge in [0.1, 0.15) is 6.54 Å². The third-order valence-corrected chi connectivity index (χ3v) is 9.11. The Labute approximate surface area is 161 Å². The highest BCUT2D eigenvalue weighted by atomic mass is 16.3. The fraction of sp³-hybridized carbons (Fsp3) is 0.864. The first kappa shape index (κ1) is 17.8. The zero-order valence-corrected chi connectivity index (χ0v) is 16.7. The highest BCUT2D eigenvalue weighted by Gasteiger charge is 2.62. The van der Waals surface area contributed by atoms with E-state index in [-0.39, 0.29) is 11.3 Å². The Morgan fingerprint density at radius 1 is 1.07 bits per heavy atom. The number of carbonyl (C=O) groups is 1. The van der Waals surface area contributed by atoms with Crippen molar-refractivity contribution in [3.05, 3.63) is 12.4 Å². The standard InChI is InChI=1S/C22H33N3O2/c1-21(27)7-5-15-14(12-21)3-4-17-16(15)6-8-22(2)18(17)11-19(22)20(26)13-25-23-9-10-24-25/h9-10,14-19,27H,3-8,11-13H2,1-2H3/t14-,15+,16-,17-,18+,19-,21-,22+/m1/s1. The summed E-state index contributed by atoms with van der Waals surface area (Å²) in [4.78, 5) is 14.4. The molecule has 5 heteroatoms. The second kappa shape index (κ2) is 6.13. The summed E-state index contributed by atoms with van der Waals surface area (Å²) in [6.45, 7) is 4.74. The first-order valence-electron chi connectivity index (χ1n) is 11.0. The summed E-state index contributed by atoms with van der Waals surface area (Å²) in [5.41, 5.74) is -0.246. The highest BCUT2D eigenvalue weighted by Crippen LogP contribution is 2.67. The van der Waals surface area contributed by atoms with E-state index in [1.54, 1.807) is 12.4 Å². The molecule has 1 N–H and O–H groups in total. The lowest BCUT2D eigenvalue weighted by atomic mass is 9.39. The maximum absolute atomic E-state index is 12.9. The van der Waals surface area contributed by atoms with Crippen LogP contribution in [0.3, 0.4) is 0 Å². The molecule has 27 heavy (non-hydrogen) atoms. The maximum atomic E-state index is 12.9. The number of hydrogen-bond acceptors (Lipinski definition) is 4. The average molecular weight is 372 g/mol. The lowest BCUT2D eigenvalue weighted by Gasteiger charge is -2.65. The number of carbonyl (C=O) groups excluding carboxylic acids is 1. The Bertz CT molecular complexity index is 715. The smallest absolute Gasteiger partial charge is 0.159 e. The molecule has 0 aliphatic heterocycles. The summed E-state index contributed by atoms with van der Waals surface area (Å²) in [7, 11) is 0. The van der Waals surface area contributed by atoms with Crippen LogP contribution in [0, 0.1) is 40.9 Å². The molecule has 0 radical (unpaired) electrons. The van der Waals surface area contributed by atoms with Crippen molar-refractivity contribution in [2.24, 2.45) is 40.9 Å². The van der Waals surface area contributed by atoms with Crippen molar-refractivity contribution in [1.82, 2.24) is 15.0 Å². The van der Waals surface area contributed by atoms with Crippen LogP contribution in [0.5, 0.6) is 0 Å². The normalized spacial score (nSPS) is 48.7. The zero-order valence-electron chi connectivity index (χ0n) is 16.7. The van der Waals surface area contributed by atoms with Crippen molar-refractivity contribution in [2.75, 3.05) is 0 Å². The predicted octanol–water partition coefficient (Wildman–Crippen LogP) is 3.48. The topological polar surface area (TPSA) is 68.0 Å². The SMILES string of the molecule is C[C@@]1(O)CC[C@H]2[C@H](CC[C@@H]3[C@@H]2CC[C@]2(C)[C@@H](C(=O)Cn4nccn4)C[C@@H]32)C1. The molecule has 148 valence electrons. The van der Waals surface area contributed by atoms with E-state index < -0.39 is 5.60 Å². The fourth-order valence-corrected chi connectivity index (χ4v) is 7.74. The van der Waals surface area contributed by atoms with Gasteiger partial charge in [-0.15, -0.1) is 0 Å². The van der Waals surface area contributed by atoms with Gasteiger partial charge in [-0.3, -0.25) is 4.79 Å². The van der Waals surface area contributed by atoms with Crippen molar-refractivity contribution in [1.29, 1.82) is 0 Å². The minimum Gasteiger partial charge on any atom is -0.390 e. The van der Waals surface area contributed by atoms with E-state index in [1.165, 1.54) is 36.9 Å². The molecule has 4 saturated carbocycles. The summed E-state index contributed by atoms with van der Waals surface area (Å²) < 4.78 is 0. The maximum Gasteiger partial charge on any atom is 0.159 e. The van der Waals surface area contributed by atoms with Crippen LogP contribution in [0.2, 0.25) is 0 Å². The molecule has 4 aliphatic carbocycles. The number of aromatic nitrogens is 3. The molecule has 0 saturated heterocycles. The van der Waals surface area contributed by atoms with Gasteiger partial charge < -0.3 is 5.11 Å². The van der Waals surface area contributed by atoms with Gasteiger partial charge in [-0.25, -0.2) is 0 Å². The van der Waals surface area contributed by atoms with E-state index in [0.29, 0.717) is 12.3 Å². The molecule has 5 nitrogen and oxygen atoms in total. The van der Waals surface area contributed by atoms with Crippen LogP contribution in [0.25, 0.3) is 0 Å². The van der Waals surface area contributed by atoms with Crippen LogP contribution >= 0.6 is 0 Å². The Morgan fingerprint density at radius 3 is 2.59 bits per heavy atom. The second-order valence-corrected chi connectivity index (χ2v) is 10.5. The highest BCUT2D eigenvalue weighted by molar-refractivity contribution is 5.82. The van der Waals surface area contributed by atoms with Crippen LogP contribution in [0.4, 0.5) is 0 Å². The summed E-state index contributed by atoms with van der Waals surface area (Å²) in [6, 6.07) is 0. The number of ketones is 1. The zero-order chi connectivity index (χ0) is 18.8. The molecule has 0 amide bonds. The molecule has 8 atom stereocenters. The van der Waals surface area contributed by atoms with Crippen LogP contribution in [-0.4, -0.2) is 31.5 Å². The van der Waals surface area contributed by atoms with E-state index in [2.05, 4.69) is 17.1 Å². The minimum atomic E-state index is -0.439. The van der Waals surface area contributed by atoms with Crippen molar-refractivity contribution < 1.29 is 9.90 Å². The van der Waals surface area contributed by atoms with Crippen molar-refractivity contribution in [3.8, 4) is 0 Å². The quantitative estimate of drug-likeness (QED) is 0.883. The van der Waals surface area contributed by atoms with E-state index in [1.807, 2.05) is 6.92 Å². The molecule has 0 bridgehead atoms. The number of hydrogen-bond donors (Lipinski definition) is 1. The number of rotatable bonds is 3. The van der Waals surface area contributed by atoms with Gasteiger partial charge in [0.2, 0.25) is 0 Å². The summed E-state index contributed by atoms with van der Waals surface area (Å²) in [5, 5.41) is 18.7. The van der Waals surface area contributed by atoms with Gasteiger partial charge in [0.25, 0.3) is 0 Å². The Kier molecular flexibility index (Phi) is 4.05. The largest absolute Gasteiger partial charge is 0.390 e. The molecule has 0 spiro atoms. The molecular formula is C22H33N3O2. The van der Waals surface area contributed by atoms with Gasteiger partial charge in [-0.2, -0.15) is 15.0 Å². The number of aliphatic hydroxyl groups is 1. The van der Waals surface area contributed by atoms with Crippen molar-refractivity contribution in [3.63, 3.8) is 0 Å². The van der Waals surface area contributed by atoms with Crippen molar-refractivity contribution in [2.45, 2.75) is 77.4 Å². The molecule has 0 aromatic carbocycles. The van der Waals surface area contributed by atoms with Crippen LogP contribution in [0.15, 0.2) is 12.4 Å². The number of nitrogens with zero attached hydrogens (tertiary/aromatic N) is 3. The summed E-state index contributed by atoms with van der Waals surface area (Å²) in [6.07, 6.45) is 12.6. The Hall–Kier alpha value is -1.23. The fourth-order valence-electron chi connectivity index (χ4n) is 7.74. The van der Waals surface area contributed by atoms with E-state index in [0.717, 1.165) is 48.9 Å². The second-order valence-electron chi connectivity index (χ2n) is 10.5. The summed E-state index contributed by atoms with van der Waals surface area (Å²) >= 11 is 0. The Balaban J connectivity index is 1.28. The lowest BCUT2D eigenvalue weighted by Crippen LogP contribution is -2.60. The van der Waals surface area contributed by atoms with Crippen LogP contribution < -0.4 is 0 Å². The van der Waals surface area contributed by atoms with Gasteiger partial charge in [-0.1, -0.05) is 6.92 Å². The molecule has 5 rings (SSSR count). The molecule has 1 aromatic rings. The minimum absolute atomic E-state index is 0.193. The van der Waals surface area contributed by atoms with E-state index in [9.17, 15) is 9.90 Å².